The van der Waals surface area contributed by atoms with Gasteiger partial charge in [-0.1, -0.05) is 0 Å². The zero-order chi connectivity index (χ0) is 17.8. The smallest absolute Gasteiger partial charge is 0.315 e. The zero-order valence-electron chi connectivity index (χ0n) is 14.5. The number of aliphatic hydroxyl groups excluding tert-OH is 2. The van der Waals surface area contributed by atoms with Gasteiger partial charge in [-0.25, -0.2) is 0 Å². The van der Waals surface area contributed by atoms with Gasteiger partial charge in [0.15, 0.2) is 0 Å². The van der Waals surface area contributed by atoms with Gasteiger partial charge in [-0.2, -0.15) is 0 Å². The summed E-state index contributed by atoms with van der Waals surface area (Å²) in [4.78, 5) is 25.2. The molecule has 0 aromatic carbocycles. The molecule has 0 radical (unpaired) electrons. The molecule has 6 nitrogen and oxygen atoms in total. The standard InChI is InChI=1S/C19H26O6/c1-17-12(21)4-5-19(25-16(17)24)11-3-2-9-6-18(11,7-10(9)8-20)13(14(17)19)15(22)23/h9-14,20-21H,2-8H2,1H3,(H,22,23). The number of rotatable bonds is 2. The van der Waals surface area contributed by atoms with E-state index in [9.17, 15) is 24.9 Å². The van der Waals surface area contributed by atoms with Gasteiger partial charge in [0.05, 0.1) is 17.4 Å². The monoisotopic (exact) mass is 350 g/mol. The molecule has 5 rings (SSSR count). The molecule has 25 heavy (non-hydrogen) atoms. The van der Waals surface area contributed by atoms with Crippen LogP contribution in [0.4, 0.5) is 0 Å². The molecular formula is C19H26O6. The molecule has 1 heterocycles. The molecule has 9 unspecified atom stereocenters. The number of carboxylic acids is 1. The lowest BCUT2D eigenvalue weighted by molar-refractivity contribution is -0.162. The topological polar surface area (TPSA) is 104 Å². The molecule has 0 aromatic rings. The van der Waals surface area contributed by atoms with Crippen molar-refractivity contribution in [3.8, 4) is 0 Å². The number of carbonyl (C=O) groups excluding carboxylic acids is 1. The van der Waals surface area contributed by atoms with Crippen LogP contribution in [0.5, 0.6) is 0 Å². The first-order valence-corrected chi connectivity index (χ1v) is 9.56. The molecule has 0 aromatic heterocycles. The summed E-state index contributed by atoms with van der Waals surface area (Å²) in [5.41, 5.74) is -2.26. The third kappa shape index (κ3) is 1.52. The summed E-state index contributed by atoms with van der Waals surface area (Å²) in [5, 5.41) is 30.6. The molecule has 4 bridgehead atoms. The van der Waals surface area contributed by atoms with Crippen LogP contribution < -0.4 is 0 Å². The van der Waals surface area contributed by atoms with Crippen LogP contribution in [-0.4, -0.2) is 45.6 Å². The molecule has 4 aliphatic carbocycles. The molecular weight excluding hydrogens is 324 g/mol. The molecule has 1 aliphatic heterocycles. The molecule has 5 fully saturated rings. The van der Waals surface area contributed by atoms with Crippen molar-refractivity contribution in [2.75, 3.05) is 6.61 Å². The highest BCUT2D eigenvalue weighted by atomic mass is 16.6. The van der Waals surface area contributed by atoms with Crippen LogP contribution in [-0.2, 0) is 14.3 Å². The molecule has 1 saturated heterocycles. The first-order chi connectivity index (χ1) is 11.8. The predicted molar refractivity (Wildman–Crippen MR) is 85.2 cm³/mol. The number of aliphatic hydroxyl groups is 2. The van der Waals surface area contributed by atoms with E-state index in [2.05, 4.69) is 0 Å². The van der Waals surface area contributed by atoms with Crippen molar-refractivity contribution >= 4 is 11.9 Å². The highest BCUT2D eigenvalue weighted by Gasteiger charge is 2.83. The minimum atomic E-state index is -1.12. The summed E-state index contributed by atoms with van der Waals surface area (Å²) in [5.74, 6) is -1.87. The number of hydrogen-bond acceptors (Lipinski definition) is 5. The van der Waals surface area contributed by atoms with Crippen LogP contribution in [0.25, 0.3) is 0 Å². The van der Waals surface area contributed by atoms with Crippen molar-refractivity contribution < 1.29 is 29.6 Å². The fraction of sp³-hybridized carbons (Fsp3) is 0.895. The molecule has 1 spiro atoms. The Kier molecular flexibility index (Phi) is 2.94. The summed E-state index contributed by atoms with van der Waals surface area (Å²) in [6.45, 7) is 1.81. The van der Waals surface area contributed by atoms with E-state index in [1.165, 1.54) is 0 Å². The summed E-state index contributed by atoms with van der Waals surface area (Å²) in [6.07, 6.45) is 3.55. The molecule has 6 heteroatoms. The van der Waals surface area contributed by atoms with E-state index >= 15 is 0 Å². The van der Waals surface area contributed by atoms with Crippen LogP contribution in [0.2, 0.25) is 0 Å². The van der Waals surface area contributed by atoms with E-state index in [-0.39, 0.29) is 18.4 Å². The highest BCUT2D eigenvalue weighted by Crippen LogP contribution is 2.77. The minimum absolute atomic E-state index is 0.0391. The highest BCUT2D eigenvalue weighted by molar-refractivity contribution is 5.85. The third-order valence-electron chi connectivity index (χ3n) is 8.91. The number of carboxylic acid groups (broad SMARTS) is 1. The fourth-order valence-electron chi connectivity index (χ4n) is 8.10. The van der Waals surface area contributed by atoms with Crippen LogP contribution in [0.3, 0.4) is 0 Å². The zero-order valence-corrected chi connectivity index (χ0v) is 14.5. The van der Waals surface area contributed by atoms with E-state index < -0.39 is 46.3 Å². The van der Waals surface area contributed by atoms with Crippen molar-refractivity contribution in [2.45, 2.75) is 57.2 Å². The van der Waals surface area contributed by atoms with Gasteiger partial charge in [0.1, 0.15) is 5.60 Å². The van der Waals surface area contributed by atoms with Gasteiger partial charge in [-0.3, -0.25) is 9.59 Å². The van der Waals surface area contributed by atoms with Gasteiger partial charge in [-0.15, -0.1) is 0 Å². The molecule has 138 valence electrons. The van der Waals surface area contributed by atoms with Crippen LogP contribution in [0, 0.1) is 40.4 Å². The van der Waals surface area contributed by atoms with Gasteiger partial charge in [0.25, 0.3) is 0 Å². The number of hydrogen-bond donors (Lipinski definition) is 3. The number of fused-ring (bicyclic) bond motifs is 1. The normalized spacial score (nSPS) is 58.6. The van der Waals surface area contributed by atoms with E-state index in [0.717, 1.165) is 19.3 Å². The van der Waals surface area contributed by atoms with Crippen LogP contribution >= 0.6 is 0 Å². The SMILES string of the molecule is CC12C(=O)OC3(CCC1O)C1CCC4CC1(CC4CO)C(C(=O)O)C32. The van der Waals surface area contributed by atoms with Gasteiger partial charge in [-0.05, 0) is 62.7 Å². The first kappa shape index (κ1) is 16.1. The maximum Gasteiger partial charge on any atom is 0.315 e. The Morgan fingerprint density at radius 2 is 2.04 bits per heavy atom. The second kappa shape index (κ2) is 4.58. The lowest BCUT2D eigenvalue weighted by Gasteiger charge is -2.44. The Bertz CT molecular complexity index is 662. The second-order valence-electron chi connectivity index (χ2n) is 9.45. The summed E-state index contributed by atoms with van der Waals surface area (Å²) >= 11 is 0. The Labute approximate surface area is 146 Å². The quantitative estimate of drug-likeness (QED) is 0.646. The van der Waals surface area contributed by atoms with Crippen molar-refractivity contribution in [1.29, 1.82) is 0 Å². The Balaban J connectivity index is 1.71. The number of aliphatic carboxylic acids is 1. The summed E-state index contributed by atoms with van der Waals surface area (Å²) in [7, 11) is 0. The number of ether oxygens (including phenoxy) is 1. The molecule has 9 atom stereocenters. The molecule has 3 N–H and O–H groups in total. The average Bonchev–Trinajstić information content (AvgIpc) is 3.06. The number of esters is 1. The van der Waals surface area contributed by atoms with Crippen molar-refractivity contribution in [3.63, 3.8) is 0 Å². The fourth-order valence-corrected chi connectivity index (χ4v) is 8.10. The lowest BCUT2D eigenvalue weighted by Crippen LogP contribution is -2.53. The number of carbonyl (C=O) groups is 2. The summed E-state index contributed by atoms with van der Waals surface area (Å²) in [6, 6.07) is 0. The van der Waals surface area contributed by atoms with Crippen LogP contribution in [0.15, 0.2) is 0 Å². The van der Waals surface area contributed by atoms with Crippen molar-refractivity contribution in [1.82, 2.24) is 0 Å². The largest absolute Gasteiger partial charge is 0.481 e. The maximum atomic E-state index is 12.7. The van der Waals surface area contributed by atoms with E-state index in [1.54, 1.807) is 6.92 Å². The van der Waals surface area contributed by atoms with Crippen molar-refractivity contribution in [2.24, 2.45) is 40.4 Å². The van der Waals surface area contributed by atoms with Gasteiger partial charge in [0, 0.05) is 18.4 Å². The van der Waals surface area contributed by atoms with Crippen molar-refractivity contribution in [3.05, 3.63) is 0 Å². The first-order valence-electron chi connectivity index (χ1n) is 9.56. The maximum absolute atomic E-state index is 12.7. The Morgan fingerprint density at radius 1 is 1.28 bits per heavy atom. The van der Waals surface area contributed by atoms with Gasteiger partial charge < -0.3 is 20.1 Å². The van der Waals surface area contributed by atoms with Gasteiger partial charge >= 0.3 is 11.9 Å². The molecule has 4 saturated carbocycles. The molecule has 5 aliphatic rings. The summed E-state index contributed by atoms with van der Waals surface area (Å²) < 4.78 is 6.01. The van der Waals surface area contributed by atoms with Gasteiger partial charge in [0.2, 0.25) is 0 Å². The Hall–Kier alpha value is -1.14. The third-order valence-corrected chi connectivity index (χ3v) is 8.91. The second-order valence-corrected chi connectivity index (χ2v) is 9.45. The predicted octanol–water partition coefficient (Wildman–Crippen LogP) is 1.19. The van der Waals surface area contributed by atoms with E-state index in [0.29, 0.717) is 25.2 Å². The average molecular weight is 350 g/mol. The lowest BCUT2D eigenvalue weighted by atomic mass is 9.59. The van der Waals surface area contributed by atoms with E-state index in [4.69, 9.17) is 4.74 Å². The minimum Gasteiger partial charge on any atom is -0.481 e. The Morgan fingerprint density at radius 3 is 2.72 bits per heavy atom. The molecule has 0 amide bonds. The van der Waals surface area contributed by atoms with Crippen LogP contribution in [0.1, 0.15) is 45.4 Å². The van der Waals surface area contributed by atoms with E-state index in [1.807, 2.05) is 0 Å².